The van der Waals surface area contributed by atoms with E-state index in [2.05, 4.69) is 37.8 Å². The standard InChI is InChI=1S/C15H20O/c1-3-5-7-12-15(16-13-4-2)14-10-8-6-9-11-14/h4,6-12,15H,2-3,5,13H2,1H3/b12-7+. The van der Waals surface area contributed by atoms with Crippen molar-refractivity contribution in [3.8, 4) is 0 Å². The van der Waals surface area contributed by atoms with E-state index in [-0.39, 0.29) is 6.10 Å². The summed E-state index contributed by atoms with van der Waals surface area (Å²) in [6.07, 6.45) is 8.40. The highest BCUT2D eigenvalue weighted by molar-refractivity contribution is 5.21. The molecule has 0 aliphatic heterocycles. The molecule has 0 amide bonds. The van der Waals surface area contributed by atoms with Crippen molar-refractivity contribution in [2.24, 2.45) is 0 Å². The van der Waals surface area contributed by atoms with Crippen LogP contribution in [0, 0.1) is 0 Å². The Hall–Kier alpha value is -1.34. The molecule has 0 saturated heterocycles. The third-order valence-corrected chi connectivity index (χ3v) is 2.29. The SMILES string of the molecule is C=CCOC(/C=C/CCC)c1ccccc1. The first kappa shape index (κ1) is 12.7. The van der Waals surface area contributed by atoms with Crippen LogP contribution in [0.3, 0.4) is 0 Å². The zero-order valence-corrected chi connectivity index (χ0v) is 9.93. The molecule has 0 aliphatic carbocycles. The fraction of sp³-hybridized carbons (Fsp3) is 0.333. The smallest absolute Gasteiger partial charge is 0.101 e. The number of allylic oxidation sites excluding steroid dienone is 1. The number of hydrogen-bond donors (Lipinski definition) is 0. The Balaban J connectivity index is 2.67. The maximum Gasteiger partial charge on any atom is 0.101 e. The Morgan fingerprint density at radius 3 is 2.69 bits per heavy atom. The van der Waals surface area contributed by atoms with Gasteiger partial charge in [-0.05, 0) is 12.0 Å². The summed E-state index contributed by atoms with van der Waals surface area (Å²) >= 11 is 0. The average Bonchev–Trinajstić information content (AvgIpc) is 2.35. The van der Waals surface area contributed by atoms with Gasteiger partial charge in [-0.15, -0.1) is 6.58 Å². The molecule has 0 fully saturated rings. The quantitative estimate of drug-likeness (QED) is 0.618. The first-order valence-corrected chi connectivity index (χ1v) is 5.82. The Morgan fingerprint density at radius 1 is 1.31 bits per heavy atom. The molecule has 0 radical (unpaired) electrons. The highest BCUT2D eigenvalue weighted by atomic mass is 16.5. The summed E-state index contributed by atoms with van der Waals surface area (Å²) in [5.41, 5.74) is 1.19. The van der Waals surface area contributed by atoms with E-state index in [0.717, 1.165) is 6.42 Å². The maximum atomic E-state index is 5.72. The summed E-state index contributed by atoms with van der Waals surface area (Å²) in [6.45, 7) is 6.43. The molecule has 16 heavy (non-hydrogen) atoms. The van der Waals surface area contributed by atoms with Crippen LogP contribution in [-0.4, -0.2) is 6.61 Å². The molecule has 1 aromatic rings. The van der Waals surface area contributed by atoms with Gasteiger partial charge in [0.15, 0.2) is 0 Å². The molecular weight excluding hydrogens is 196 g/mol. The Labute approximate surface area is 98.5 Å². The van der Waals surface area contributed by atoms with Crippen molar-refractivity contribution in [3.05, 3.63) is 60.7 Å². The van der Waals surface area contributed by atoms with Crippen molar-refractivity contribution in [1.29, 1.82) is 0 Å². The molecule has 0 heterocycles. The van der Waals surface area contributed by atoms with Crippen LogP contribution in [0.4, 0.5) is 0 Å². The van der Waals surface area contributed by atoms with Gasteiger partial charge in [0.25, 0.3) is 0 Å². The number of rotatable bonds is 7. The van der Waals surface area contributed by atoms with Crippen LogP contribution in [0.5, 0.6) is 0 Å². The van der Waals surface area contributed by atoms with Gasteiger partial charge < -0.3 is 4.74 Å². The molecule has 0 aromatic heterocycles. The molecular formula is C15H20O. The van der Waals surface area contributed by atoms with Crippen molar-refractivity contribution in [2.75, 3.05) is 6.61 Å². The summed E-state index contributed by atoms with van der Waals surface area (Å²) in [5, 5.41) is 0. The predicted octanol–water partition coefficient (Wildman–Crippen LogP) is 4.29. The van der Waals surface area contributed by atoms with E-state index in [1.807, 2.05) is 18.2 Å². The van der Waals surface area contributed by atoms with Crippen molar-refractivity contribution in [1.82, 2.24) is 0 Å². The van der Waals surface area contributed by atoms with Gasteiger partial charge in [0.1, 0.15) is 6.10 Å². The molecule has 1 atom stereocenters. The van der Waals surface area contributed by atoms with E-state index in [1.165, 1.54) is 12.0 Å². The minimum atomic E-state index is 0.0470. The Morgan fingerprint density at radius 2 is 2.06 bits per heavy atom. The Bertz CT molecular complexity index is 313. The molecule has 0 aliphatic rings. The maximum absolute atomic E-state index is 5.72. The highest BCUT2D eigenvalue weighted by Crippen LogP contribution is 2.18. The molecule has 1 aromatic carbocycles. The summed E-state index contributed by atoms with van der Waals surface area (Å²) < 4.78 is 5.72. The van der Waals surface area contributed by atoms with Gasteiger partial charge in [-0.1, -0.05) is 61.9 Å². The van der Waals surface area contributed by atoms with Crippen LogP contribution in [0.15, 0.2) is 55.1 Å². The minimum absolute atomic E-state index is 0.0470. The summed E-state index contributed by atoms with van der Waals surface area (Å²) in [4.78, 5) is 0. The van der Waals surface area contributed by atoms with Crippen LogP contribution in [0.2, 0.25) is 0 Å². The third-order valence-electron chi connectivity index (χ3n) is 2.29. The zero-order valence-electron chi connectivity index (χ0n) is 9.93. The second-order valence-corrected chi connectivity index (χ2v) is 3.67. The summed E-state index contributed by atoms with van der Waals surface area (Å²) in [5.74, 6) is 0. The lowest BCUT2D eigenvalue weighted by molar-refractivity contribution is 0.110. The van der Waals surface area contributed by atoms with Crippen LogP contribution in [0.1, 0.15) is 31.4 Å². The van der Waals surface area contributed by atoms with Crippen molar-refractivity contribution in [2.45, 2.75) is 25.9 Å². The van der Waals surface area contributed by atoms with Crippen LogP contribution in [-0.2, 0) is 4.74 Å². The molecule has 0 N–H and O–H groups in total. The van der Waals surface area contributed by atoms with E-state index in [4.69, 9.17) is 4.74 Å². The van der Waals surface area contributed by atoms with Crippen LogP contribution >= 0.6 is 0 Å². The number of benzene rings is 1. The average molecular weight is 216 g/mol. The second-order valence-electron chi connectivity index (χ2n) is 3.67. The first-order chi connectivity index (χ1) is 7.88. The minimum Gasteiger partial charge on any atom is -0.365 e. The topological polar surface area (TPSA) is 9.23 Å². The van der Waals surface area contributed by atoms with Gasteiger partial charge in [-0.25, -0.2) is 0 Å². The highest BCUT2D eigenvalue weighted by Gasteiger charge is 2.05. The number of ether oxygens (including phenoxy) is 1. The van der Waals surface area contributed by atoms with Gasteiger partial charge >= 0.3 is 0 Å². The molecule has 1 nitrogen and oxygen atoms in total. The third kappa shape index (κ3) is 4.45. The molecule has 1 rings (SSSR count). The van der Waals surface area contributed by atoms with Gasteiger partial charge in [0, 0.05) is 0 Å². The lowest BCUT2D eigenvalue weighted by atomic mass is 10.1. The lowest BCUT2D eigenvalue weighted by Crippen LogP contribution is -2.01. The molecule has 86 valence electrons. The lowest BCUT2D eigenvalue weighted by Gasteiger charge is -2.13. The predicted molar refractivity (Wildman–Crippen MR) is 69.4 cm³/mol. The van der Waals surface area contributed by atoms with E-state index < -0.39 is 0 Å². The van der Waals surface area contributed by atoms with E-state index in [1.54, 1.807) is 6.08 Å². The Kier molecular flexibility index (Phi) is 6.28. The van der Waals surface area contributed by atoms with Crippen molar-refractivity contribution >= 4 is 0 Å². The second kappa shape index (κ2) is 7.89. The monoisotopic (exact) mass is 216 g/mol. The normalized spacial score (nSPS) is 12.8. The molecule has 0 spiro atoms. The van der Waals surface area contributed by atoms with Gasteiger partial charge in [0.2, 0.25) is 0 Å². The van der Waals surface area contributed by atoms with E-state index in [0.29, 0.717) is 6.61 Å². The van der Waals surface area contributed by atoms with Crippen LogP contribution in [0.25, 0.3) is 0 Å². The van der Waals surface area contributed by atoms with Gasteiger partial charge in [-0.3, -0.25) is 0 Å². The molecule has 1 heteroatoms. The first-order valence-electron chi connectivity index (χ1n) is 5.82. The molecule has 0 saturated carbocycles. The fourth-order valence-corrected chi connectivity index (χ4v) is 1.46. The van der Waals surface area contributed by atoms with Gasteiger partial charge in [0.05, 0.1) is 6.61 Å². The van der Waals surface area contributed by atoms with Crippen molar-refractivity contribution < 1.29 is 4.74 Å². The number of unbranched alkanes of at least 4 members (excludes halogenated alkanes) is 1. The van der Waals surface area contributed by atoms with Crippen molar-refractivity contribution in [3.63, 3.8) is 0 Å². The number of hydrogen-bond acceptors (Lipinski definition) is 1. The summed E-state index contributed by atoms with van der Waals surface area (Å²) in [6, 6.07) is 10.3. The van der Waals surface area contributed by atoms with E-state index in [9.17, 15) is 0 Å². The molecule has 0 bridgehead atoms. The van der Waals surface area contributed by atoms with Crippen LogP contribution < -0.4 is 0 Å². The van der Waals surface area contributed by atoms with Gasteiger partial charge in [-0.2, -0.15) is 0 Å². The van der Waals surface area contributed by atoms with E-state index >= 15 is 0 Å². The molecule has 1 unspecified atom stereocenters. The summed E-state index contributed by atoms with van der Waals surface area (Å²) in [7, 11) is 0. The largest absolute Gasteiger partial charge is 0.365 e. The zero-order chi connectivity index (χ0) is 11.6. The fourth-order valence-electron chi connectivity index (χ4n) is 1.46.